The van der Waals surface area contributed by atoms with Crippen molar-refractivity contribution < 1.29 is 13.6 Å². The minimum Gasteiger partial charge on any atom is -0.361 e. The summed E-state index contributed by atoms with van der Waals surface area (Å²) in [7, 11) is 0. The van der Waals surface area contributed by atoms with Gasteiger partial charge in [0.05, 0.1) is 0 Å². The van der Waals surface area contributed by atoms with Gasteiger partial charge in [0.1, 0.15) is 18.2 Å². The minimum atomic E-state index is -0.418. The van der Waals surface area contributed by atoms with Crippen LogP contribution in [-0.2, 0) is 11.2 Å². The number of aromatic nitrogens is 1. The molecule has 0 spiro atoms. The van der Waals surface area contributed by atoms with E-state index in [9.17, 15) is 13.6 Å². The van der Waals surface area contributed by atoms with Gasteiger partial charge in [-0.2, -0.15) is 0 Å². The maximum atomic E-state index is 13.5. The molecule has 0 saturated heterocycles. The molecular formula is C21H23F2N5O. The number of carbonyl (C=O) groups excluding carboxylic acids is 1. The number of aliphatic imine (C=N–C) groups is 1. The fraction of sp³-hybridized carbons (Fsp3) is 0.238. The van der Waals surface area contributed by atoms with Crippen molar-refractivity contribution in [2.45, 2.75) is 13.3 Å². The van der Waals surface area contributed by atoms with Gasteiger partial charge in [-0.3, -0.25) is 4.79 Å². The molecule has 0 aliphatic heterocycles. The Morgan fingerprint density at radius 2 is 1.93 bits per heavy atom. The van der Waals surface area contributed by atoms with Crippen LogP contribution in [-0.4, -0.2) is 36.5 Å². The zero-order valence-electron chi connectivity index (χ0n) is 16.1. The van der Waals surface area contributed by atoms with Gasteiger partial charge in [0.15, 0.2) is 5.96 Å². The zero-order valence-corrected chi connectivity index (χ0v) is 16.1. The Balaban J connectivity index is 1.54. The molecular weight excluding hydrogens is 376 g/mol. The second-order valence-electron chi connectivity index (χ2n) is 6.43. The predicted molar refractivity (Wildman–Crippen MR) is 111 cm³/mol. The number of nitrogens with one attached hydrogen (secondary N) is 4. The number of carbonyl (C=O) groups is 1. The van der Waals surface area contributed by atoms with Crippen LogP contribution in [0, 0.1) is 11.6 Å². The van der Waals surface area contributed by atoms with Crippen molar-refractivity contribution in [3.8, 4) is 0 Å². The van der Waals surface area contributed by atoms with E-state index in [2.05, 4.69) is 25.9 Å². The van der Waals surface area contributed by atoms with Crippen LogP contribution in [0.2, 0.25) is 0 Å². The Labute approximate surface area is 167 Å². The normalized spacial score (nSPS) is 11.5. The summed E-state index contributed by atoms with van der Waals surface area (Å²) in [4.78, 5) is 19.4. The number of rotatable bonds is 7. The van der Waals surface area contributed by atoms with Crippen LogP contribution >= 0.6 is 0 Å². The molecule has 2 aromatic carbocycles. The topological polar surface area (TPSA) is 81.3 Å². The standard InChI is InChI=1S/C21H23F2N5O/c1-2-24-21(27-13-20(29)28-17-5-3-4-15(22)10-17)25-9-8-14-12-26-19-7-6-16(23)11-18(14)19/h3-7,10-12,26H,2,8-9,13H2,1H3,(H,28,29)(H2,24,25,27). The second-order valence-corrected chi connectivity index (χ2v) is 6.43. The van der Waals surface area contributed by atoms with Crippen LogP contribution in [0.3, 0.4) is 0 Å². The Morgan fingerprint density at radius 3 is 2.72 bits per heavy atom. The van der Waals surface area contributed by atoms with E-state index >= 15 is 0 Å². The van der Waals surface area contributed by atoms with Crippen LogP contribution in [0.25, 0.3) is 10.9 Å². The number of halogens is 2. The van der Waals surface area contributed by atoms with Gasteiger partial charge in [0.25, 0.3) is 0 Å². The molecule has 1 amide bonds. The number of aromatic amines is 1. The van der Waals surface area contributed by atoms with Gasteiger partial charge >= 0.3 is 0 Å². The largest absolute Gasteiger partial charge is 0.361 e. The second kappa shape index (κ2) is 9.68. The van der Waals surface area contributed by atoms with Crippen LogP contribution in [0.15, 0.2) is 53.7 Å². The van der Waals surface area contributed by atoms with Crippen LogP contribution in [0.1, 0.15) is 12.5 Å². The third-order valence-electron chi connectivity index (χ3n) is 4.25. The molecule has 6 nitrogen and oxygen atoms in total. The quantitative estimate of drug-likeness (QED) is 0.364. The molecule has 0 radical (unpaired) electrons. The Hall–Kier alpha value is -3.42. The molecule has 0 atom stereocenters. The first-order valence-electron chi connectivity index (χ1n) is 9.38. The van der Waals surface area contributed by atoms with Crippen molar-refractivity contribution >= 4 is 28.5 Å². The van der Waals surface area contributed by atoms with Crippen molar-refractivity contribution in [3.05, 3.63) is 65.9 Å². The Kier molecular flexibility index (Phi) is 6.78. The highest BCUT2D eigenvalue weighted by atomic mass is 19.1. The molecule has 152 valence electrons. The first kappa shape index (κ1) is 20.3. The third-order valence-corrected chi connectivity index (χ3v) is 4.25. The van der Waals surface area contributed by atoms with Gasteiger partial charge in [0, 0.05) is 35.9 Å². The van der Waals surface area contributed by atoms with Crippen molar-refractivity contribution in [1.82, 2.24) is 15.6 Å². The molecule has 3 rings (SSSR count). The minimum absolute atomic E-state index is 0.107. The number of anilines is 1. The van der Waals surface area contributed by atoms with E-state index in [-0.39, 0.29) is 18.3 Å². The van der Waals surface area contributed by atoms with E-state index in [0.29, 0.717) is 31.2 Å². The molecule has 0 saturated carbocycles. The van der Waals surface area contributed by atoms with Gasteiger partial charge in [-0.15, -0.1) is 0 Å². The van der Waals surface area contributed by atoms with Crippen molar-refractivity contribution in [1.29, 1.82) is 0 Å². The zero-order chi connectivity index (χ0) is 20.6. The summed E-state index contributed by atoms with van der Waals surface area (Å²) in [6.45, 7) is 3.01. The lowest BCUT2D eigenvalue weighted by Crippen LogP contribution is -2.39. The molecule has 0 fully saturated rings. The highest BCUT2D eigenvalue weighted by molar-refractivity contribution is 5.94. The van der Waals surface area contributed by atoms with E-state index in [1.54, 1.807) is 12.1 Å². The van der Waals surface area contributed by atoms with Gasteiger partial charge in [-0.05, 0) is 55.3 Å². The summed E-state index contributed by atoms with van der Waals surface area (Å²) < 4.78 is 26.7. The first-order valence-corrected chi connectivity index (χ1v) is 9.38. The van der Waals surface area contributed by atoms with Crippen LogP contribution in [0.4, 0.5) is 14.5 Å². The fourth-order valence-electron chi connectivity index (χ4n) is 2.93. The smallest absolute Gasteiger partial charge is 0.246 e. The summed E-state index contributed by atoms with van der Waals surface area (Å²) in [5, 5.41) is 9.68. The Bertz CT molecular complexity index is 1020. The van der Waals surface area contributed by atoms with Gasteiger partial charge in [-0.1, -0.05) is 6.07 Å². The number of hydrogen-bond donors (Lipinski definition) is 4. The maximum Gasteiger partial charge on any atom is 0.246 e. The summed E-state index contributed by atoms with van der Waals surface area (Å²) in [6, 6.07) is 10.3. The first-order chi connectivity index (χ1) is 14.0. The predicted octanol–water partition coefficient (Wildman–Crippen LogP) is 3.18. The lowest BCUT2D eigenvalue weighted by atomic mass is 10.1. The number of fused-ring (bicyclic) bond motifs is 1. The third kappa shape index (κ3) is 5.78. The van der Waals surface area contributed by atoms with Crippen molar-refractivity contribution in [2.24, 2.45) is 4.99 Å². The Morgan fingerprint density at radius 1 is 1.10 bits per heavy atom. The molecule has 0 unspecified atom stereocenters. The van der Waals surface area contributed by atoms with Gasteiger partial charge < -0.3 is 20.9 Å². The molecule has 1 heterocycles. The molecule has 0 aliphatic rings. The summed E-state index contributed by atoms with van der Waals surface area (Å²) in [5.74, 6) is -0.545. The molecule has 8 heteroatoms. The summed E-state index contributed by atoms with van der Waals surface area (Å²) in [5.41, 5.74) is 2.26. The average molecular weight is 399 g/mol. The van der Waals surface area contributed by atoms with E-state index in [1.807, 2.05) is 13.1 Å². The number of H-pyrrole nitrogens is 1. The lowest BCUT2D eigenvalue weighted by molar-refractivity contribution is -0.114. The number of hydrogen-bond acceptors (Lipinski definition) is 2. The van der Waals surface area contributed by atoms with Crippen LogP contribution in [0.5, 0.6) is 0 Å². The van der Waals surface area contributed by atoms with Crippen molar-refractivity contribution in [2.75, 3.05) is 25.0 Å². The maximum absolute atomic E-state index is 13.5. The summed E-state index contributed by atoms with van der Waals surface area (Å²) in [6.07, 6.45) is 2.52. The van der Waals surface area contributed by atoms with E-state index < -0.39 is 5.82 Å². The molecule has 0 aliphatic carbocycles. The molecule has 29 heavy (non-hydrogen) atoms. The van der Waals surface area contributed by atoms with Crippen molar-refractivity contribution in [3.63, 3.8) is 0 Å². The highest BCUT2D eigenvalue weighted by Gasteiger charge is 2.07. The lowest BCUT2D eigenvalue weighted by Gasteiger charge is -2.11. The highest BCUT2D eigenvalue weighted by Crippen LogP contribution is 2.19. The van der Waals surface area contributed by atoms with E-state index in [4.69, 9.17) is 0 Å². The van der Waals surface area contributed by atoms with Crippen LogP contribution < -0.4 is 16.0 Å². The van der Waals surface area contributed by atoms with Gasteiger partial charge in [-0.25, -0.2) is 13.8 Å². The molecule has 3 aromatic rings. The fourth-order valence-corrected chi connectivity index (χ4v) is 2.93. The van der Waals surface area contributed by atoms with Gasteiger partial charge in [0.2, 0.25) is 5.91 Å². The van der Waals surface area contributed by atoms with E-state index in [0.717, 1.165) is 16.5 Å². The van der Waals surface area contributed by atoms with E-state index in [1.165, 1.54) is 30.3 Å². The monoisotopic (exact) mass is 399 g/mol. The SMILES string of the molecule is CCNC(=NCC(=O)Nc1cccc(F)c1)NCCc1c[nH]c2ccc(F)cc12. The number of benzene rings is 2. The number of nitrogens with zero attached hydrogens (tertiary/aromatic N) is 1. The average Bonchev–Trinajstić information content (AvgIpc) is 3.08. The summed E-state index contributed by atoms with van der Waals surface area (Å²) >= 11 is 0. The number of guanidine groups is 1. The molecule has 4 N–H and O–H groups in total. The molecule has 1 aromatic heterocycles. The number of amides is 1. The molecule has 0 bridgehead atoms.